The van der Waals surface area contributed by atoms with E-state index >= 15 is 0 Å². The number of hydrogen-bond donors (Lipinski definition) is 4. The maximum atomic E-state index is 8.72. The minimum atomic E-state index is -1.43. The lowest BCUT2D eigenvalue weighted by molar-refractivity contribution is -0.0364. The summed E-state index contributed by atoms with van der Waals surface area (Å²) in [7, 11) is -2.55. The van der Waals surface area contributed by atoms with Gasteiger partial charge in [0.1, 0.15) is 12.2 Å². The molecule has 0 amide bonds. The molecule has 0 radical (unpaired) electrons. The van der Waals surface area contributed by atoms with Crippen LogP contribution in [0.25, 0.3) is 0 Å². The Balaban J connectivity index is 0.000000785. The summed E-state index contributed by atoms with van der Waals surface area (Å²) in [6.45, 7) is 13.8. The minimum absolute atomic E-state index is 0.0342. The third kappa shape index (κ3) is 15.0. The van der Waals surface area contributed by atoms with Gasteiger partial charge in [-0.15, -0.1) is 0 Å². The Morgan fingerprint density at radius 3 is 1.70 bits per heavy atom. The lowest BCUT2D eigenvalue weighted by atomic mass is 10.1. The molecule has 1 aliphatic heterocycles. The number of unbranched alkanes of at least 4 members (excludes halogenated alkanes) is 8. The standard InChI is InChI=1S/C19H42OSi2.C6H14O5/c1-7-8-9-10-11-12-13-14-15-17-22(6)18-16-19(2,3)20-21(22,4)5;7-1-5(9)3-11-4-6(10)2-8/h7-18H2,1-6H3;5-10H,1-4H2. The summed E-state index contributed by atoms with van der Waals surface area (Å²) < 4.78 is 11.3. The van der Waals surface area contributed by atoms with Crippen molar-refractivity contribution in [1.82, 2.24) is 0 Å². The van der Waals surface area contributed by atoms with E-state index in [0.717, 1.165) is 0 Å². The molecule has 3 atom stereocenters. The zero-order valence-electron chi connectivity index (χ0n) is 22.6. The van der Waals surface area contributed by atoms with Gasteiger partial charge in [0.2, 0.25) is 0 Å². The first-order valence-electron chi connectivity index (χ1n) is 13.3. The molecular weight excluding hydrogens is 452 g/mol. The lowest BCUT2D eigenvalue weighted by Crippen LogP contribution is -2.65. The molecule has 8 heteroatoms. The van der Waals surface area contributed by atoms with E-state index in [1.165, 1.54) is 76.3 Å². The van der Waals surface area contributed by atoms with Crippen LogP contribution in [0.5, 0.6) is 0 Å². The lowest BCUT2D eigenvalue weighted by Gasteiger charge is -2.51. The highest BCUT2D eigenvalue weighted by Gasteiger charge is 2.52. The van der Waals surface area contributed by atoms with Crippen LogP contribution in [0.4, 0.5) is 0 Å². The molecule has 0 spiro atoms. The van der Waals surface area contributed by atoms with Crippen LogP contribution in [0.1, 0.15) is 85.0 Å². The molecule has 0 aromatic heterocycles. The SMILES string of the molecule is CCCCCCCCCCC[Si]1(C)CCC(C)(C)O[Si]1(C)C.OCC(O)COCC(O)CO. The monoisotopic (exact) mass is 508 g/mol. The Hall–Kier alpha value is 0.194. The van der Waals surface area contributed by atoms with E-state index in [1.807, 2.05) is 0 Å². The first kappa shape index (κ1) is 33.2. The van der Waals surface area contributed by atoms with Gasteiger partial charge >= 0.3 is 0 Å². The van der Waals surface area contributed by atoms with Gasteiger partial charge in [0.15, 0.2) is 7.83 Å². The minimum Gasteiger partial charge on any atom is -0.415 e. The van der Waals surface area contributed by atoms with Crippen LogP contribution in [0.3, 0.4) is 0 Å². The first-order chi connectivity index (χ1) is 15.4. The van der Waals surface area contributed by atoms with Gasteiger partial charge in [0.25, 0.3) is 0 Å². The number of aliphatic hydroxyl groups excluding tert-OH is 4. The average Bonchev–Trinajstić information content (AvgIpc) is 2.75. The van der Waals surface area contributed by atoms with E-state index in [2.05, 4.69) is 40.4 Å². The Kier molecular flexibility index (Phi) is 17.7. The van der Waals surface area contributed by atoms with Crippen molar-refractivity contribution in [3.05, 3.63) is 0 Å². The van der Waals surface area contributed by atoms with Crippen molar-refractivity contribution in [2.45, 2.75) is 135 Å². The molecule has 0 aromatic carbocycles. The second-order valence-electron chi connectivity index (χ2n) is 11.2. The molecule has 0 bridgehead atoms. The van der Waals surface area contributed by atoms with E-state index < -0.39 is 27.6 Å². The molecule has 0 aliphatic carbocycles. The zero-order chi connectivity index (χ0) is 25.4. The predicted octanol–water partition coefficient (Wildman–Crippen LogP) is 4.79. The Bertz CT molecular complexity index is 468. The Morgan fingerprint density at radius 2 is 1.27 bits per heavy atom. The molecular formula is C25H56O6Si2. The van der Waals surface area contributed by atoms with Gasteiger partial charge in [-0.25, -0.2) is 0 Å². The molecule has 3 unspecified atom stereocenters. The largest absolute Gasteiger partial charge is 0.415 e. The van der Waals surface area contributed by atoms with E-state index in [1.54, 1.807) is 0 Å². The molecule has 1 rings (SSSR count). The third-order valence-corrected chi connectivity index (χ3v) is 24.4. The van der Waals surface area contributed by atoms with Crippen molar-refractivity contribution < 1.29 is 29.6 Å². The van der Waals surface area contributed by atoms with Crippen molar-refractivity contribution >= 4 is 15.4 Å². The first-order valence-corrected chi connectivity index (χ1v) is 20.1. The fraction of sp³-hybridized carbons (Fsp3) is 1.00. The summed E-state index contributed by atoms with van der Waals surface area (Å²) in [4.78, 5) is 0. The highest BCUT2D eigenvalue weighted by Crippen LogP contribution is 2.41. The highest BCUT2D eigenvalue weighted by molar-refractivity contribution is 7.38. The summed E-state index contributed by atoms with van der Waals surface area (Å²) in [6, 6.07) is 3.04. The van der Waals surface area contributed by atoms with Gasteiger partial charge in [0, 0.05) is 0 Å². The van der Waals surface area contributed by atoms with Crippen LogP contribution in [0, 0.1) is 0 Å². The molecule has 33 heavy (non-hydrogen) atoms. The summed E-state index contributed by atoms with van der Waals surface area (Å²) in [5, 5.41) is 34.1. The fourth-order valence-corrected chi connectivity index (χ4v) is 15.9. The van der Waals surface area contributed by atoms with Crippen LogP contribution in [-0.4, -0.2) is 80.1 Å². The van der Waals surface area contributed by atoms with Gasteiger partial charge < -0.3 is 29.6 Å². The normalized spacial score (nSPS) is 23.5. The quantitative estimate of drug-likeness (QED) is 0.177. The fourth-order valence-electron chi connectivity index (χ4n) is 4.44. The predicted molar refractivity (Wildman–Crippen MR) is 143 cm³/mol. The number of hydrogen-bond acceptors (Lipinski definition) is 6. The van der Waals surface area contributed by atoms with Crippen molar-refractivity contribution in [1.29, 1.82) is 0 Å². The van der Waals surface area contributed by atoms with E-state index in [9.17, 15) is 0 Å². The van der Waals surface area contributed by atoms with Gasteiger partial charge in [-0.2, -0.15) is 0 Å². The van der Waals surface area contributed by atoms with E-state index in [4.69, 9.17) is 29.6 Å². The molecule has 0 saturated carbocycles. The van der Waals surface area contributed by atoms with Crippen LogP contribution in [-0.2, 0) is 9.16 Å². The summed E-state index contributed by atoms with van der Waals surface area (Å²) in [5.41, 5.74) is 0.153. The van der Waals surface area contributed by atoms with Gasteiger partial charge in [-0.3, -0.25) is 0 Å². The highest BCUT2D eigenvalue weighted by atomic mass is 29.3. The second-order valence-corrected chi connectivity index (χ2v) is 25.8. The van der Waals surface area contributed by atoms with E-state index in [-0.39, 0.29) is 32.0 Å². The smallest absolute Gasteiger partial charge is 0.174 e. The van der Waals surface area contributed by atoms with Gasteiger partial charge in [0.05, 0.1) is 39.6 Å². The summed E-state index contributed by atoms with van der Waals surface area (Å²) in [6.07, 6.45) is 12.5. The molecule has 0 aromatic rings. The number of aliphatic hydroxyl groups is 4. The van der Waals surface area contributed by atoms with Crippen LogP contribution in [0.15, 0.2) is 0 Å². The summed E-state index contributed by atoms with van der Waals surface area (Å²) >= 11 is 0. The molecule has 1 heterocycles. The molecule has 4 N–H and O–H groups in total. The third-order valence-electron chi connectivity index (χ3n) is 7.14. The summed E-state index contributed by atoms with van der Waals surface area (Å²) in [5.74, 6) is 0. The number of ether oxygens (including phenoxy) is 1. The number of rotatable bonds is 16. The van der Waals surface area contributed by atoms with Crippen molar-refractivity contribution in [2.24, 2.45) is 0 Å². The van der Waals surface area contributed by atoms with Crippen LogP contribution >= 0.6 is 0 Å². The molecule has 1 fully saturated rings. The molecule has 200 valence electrons. The Morgan fingerprint density at radius 1 is 0.818 bits per heavy atom. The van der Waals surface area contributed by atoms with Crippen molar-refractivity contribution in [2.75, 3.05) is 26.4 Å². The van der Waals surface area contributed by atoms with E-state index in [0.29, 0.717) is 0 Å². The average molecular weight is 509 g/mol. The topological polar surface area (TPSA) is 99.4 Å². The van der Waals surface area contributed by atoms with Crippen LogP contribution in [0.2, 0.25) is 31.7 Å². The maximum Gasteiger partial charge on any atom is 0.174 e. The van der Waals surface area contributed by atoms with Crippen molar-refractivity contribution in [3.8, 4) is 0 Å². The second kappa shape index (κ2) is 17.6. The molecule has 6 nitrogen and oxygen atoms in total. The van der Waals surface area contributed by atoms with Crippen molar-refractivity contribution in [3.63, 3.8) is 0 Å². The van der Waals surface area contributed by atoms with Crippen LogP contribution < -0.4 is 0 Å². The van der Waals surface area contributed by atoms with Gasteiger partial charge in [-0.05, 0) is 33.4 Å². The molecule has 1 saturated heterocycles. The van der Waals surface area contributed by atoms with Gasteiger partial charge in [-0.1, -0.05) is 83.3 Å². The Labute approximate surface area is 206 Å². The zero-order valence-corrected chi connectivity index (χ0v) is 24.6. The maximum absolute atomic E-state index is 8.72. The molecule has 1 aliphatic rings.